The number of para-hydroxylation sites is 1. The molecule has 120 valence electrons. The molecule has 1 atom stereocenters. The van der Waals surface area contributed by atoms with Crippen molar-refractivity contribution in [2.24, 2.45) is 11.8 Å². The summed E-state index contributed by atoms with van der Waals surface area (Å²) in [5, 5.41) is 3.69. The molecule has 2 heteroatoms. The summed E-state index contributed by atoms with van der Waals surface area (Å²) in [6.07, 6.45) is 3.56. The van der Waals surface area contributed by atoms with Gasteiger partial charge in [-0.2, -0.15) is 0 Å². The zero-order chi connectivity index (χ0) is 15.9. The molecule has 0 spiro atoms. The highest BCUT2D eigenvalue weighted by atomic mass is 16.5. The van der Waals surface area contributed by atoms with Crippen LogP contribution < -0.4 is 10.1 Å². The van der Waals surface area contributed by atoms with Crippen LogP contribution in [0.4, 0.5) is 0 Å². The van der Waals surface area contributed by atoms with Crippen LogP contribution >= 0.6 is 0 Å². The molecule has 0 aliphatic heterocycles. The van der Waals surface area contributed by atoms with E-state index in [1.807, 2.05) is 6.07 Å². The first kappa shape index (κ1) is 18.0. The Balaban J connectivity index is 2.85. The lowest BCUT2D eigenvalue weighted by atomic mass is 9.82. The molecular formula is C19H33NO. The topological polar surface area (TPSA) is 21.3 Å². The molecule has 0 saturated heterocycles. The maximum Gasteiger partial charge on any atom is 0.122 e. The van der Waals surface area contributed by atoms with Crippen molar-refractivity contribution in [1.29, 1.82) is 0 Å². The molecule has 0 bridgehead atoms. The van der Waals surface area contributed by atoms with Crippen molar-refractivity contribution in [1.82, 2.24) is 5.32 Å². The minimum absolute atomic E-state index is 0.172. The van der Waals surface area contributed by atoms with Gasteiger partial charge in [0.1, 0.15) is 5.75 Å². The first-order valence-electron chi connectivity index (χ1n) is 8.28. The zero-order valence-electron chi connectivity index (χ0n) is 14.7. The lowest BCUT2D eigenvalue weighted by molar-refractivity contribution is 0.268. The number of nitrogens with one attached hydrogen (secondary N) is 1. The van der Waals surface area contributed by atoms with Crippen molar-refractivity contribution in [3.63, 3.8) is 0 Å². The van der Waals surface area contributed by atoms with Crippen LogP contribution in [0.1, 0.15) is 53.0 Å². The summed E-state index contributed by atoms with van der Waals surface area (Å²) in [5.41, 5.74) is 1.50. The Morgan fingerprint density at radius 1 is 1.05 bits per heavy atom. The molecule has 0 saturated carbocycles. The minimum Gasteiger partial charge on any atom is -0.496 e. The Morgan fingerprint density at radius 3 is 2.19 bits per heavy atom. The second kappa shape index (κ2) is 8.43. The fourth-order valence-electron chi connectivity index (χ4n) is 2.95. The van der Waals surface area contributed by atoms with Crippen LogP contribution in [0, 0.1) is 11.8 Å². The molecule has 0 amide bonds. The SMILES string of the molecule is CCC(CC)C(CNC(C)(C)C)Cc1ccccc1OC. The fraction of sp³-hybridized carbons (Fsp3) is 0.684. The summed E-state index contributed by atoms with van der Waals surface area (Å²) in [7, 11) is 1.76. The Bertz CT molecular complexity index is 404. The van der Waals surface area contributed by atoms with Gasteiger partial charge in [0.05, 0.1) is 7.11 Å². The molecular weight excluding hydrogens is 258 g/mol. The molecule has 1 unspecified atom stereocenters. The van der Waals surface area contributed by atoms with E-state index in [9.17, 15) is 0 Å². The summed E-state index contributed by atoms with van der Waals surface area (Å²) in [5.74, 6) is 2.42. The highest BCUT2D eigenvalue weighted by molar-refractivity contribution is 5.33. The average Bonchev–Trinajstić information content (AvgIpc) is 2.45. The average molecular weight is 291 g/mol. The van der Waals surface area contributed by atoms with E-state index in [1.165, 1.54) is 18.4 Å². The minimum atomic E-state index is 0.172. The van der Waals surface area contributed by atoms with Gasteiger partial charge in [0.25, 0.3) is 0 Å². The van der Waals surface area contributed by atoms with Crippen LogP contribution in [0.15, 0.2) is 24.3 Å². The number of hydrogen-bond donors (Lipinski definition) is 1. The Kier molecular flexibility index (Phi) is 7.24. The summed E-state index contributed by atoms with van der Waals surface area (Å²) in [4.78, 5) is 0. The number of methoxy groups -OCH3 is 1. The third kappa shape index (κ3) is 6.09. The summed E-state index contributed by atoms with van der Waals surface area (Å²) in [6, 6.07) is 8.42. The van der Waals surface area contributed by atoms with E-state index in [4.69, 9.17) is 4.74 Å². The van der Waals surface area contributed by atoms with Crippen molar-refractivity contribution >= 4 is 0 Å². The number of benzene rings is 1. The lowest BCUT2D eigenvalue weighted by Gasteiger charge is -2.30. The Labute approximate surface area is 131 Å². The van der Waals surface area contributed by atoms with Crippen LogP contribution in [0.2, 0.25) is 0 Å². The quantitative estimate of drug-likeness (QED) is 0.751. The molecule has 1 aromatic rings. The van der Waals surface area contributed by atoms with Gasteiger partial charge < -0.3 is 10.1 Å². The monoisotopic (exact) mass is 291 g/mol. The number of rotatable bonds is 8. The van der Waals surface area contributed by atoms with Crippen LogP contribution in [0.25, 0.3) is 0 Å². The second-order valence-corrected chi connectivity index (χ2v) is 6.98. The van der Waals surface area contributed by atoms with E-state index in [0.29, 0.717) is 5.92 Å². The summed E-state index contributed by atoms with van der Waals surface area (Å²) < 4.78 is 5.52. The van der Waals surface area contributed by atoms with Gasteiger partial charge in [0.2, 0.25) is 0 Å². The number of ether oxygens (including phenoxy) is 1. The molecule has 1 aromatic carbocycles. The first-order valence-corrected chi connectivity index (χ1v) is 8.28. The van der Waals surface area contributed by atoms with Gasteiger partial charge in [-0.25, -0.2) is 0 Å². The van der Waals surface area contributed by atoms with Crippen LogP contribution in [0.3, 0.4) is 0 Å². The van der Waals surface area contributed by atoms with E-state index in [0.717, 1.165) is 24.6 Å². The maximum absolute atomic E-state index is 5.52. The normalized spacial score (nSPS) is 13.5. The van der Waals surface area contributed by atoms with Gasteiger partial charge in [0, 0.05) is 5.54 Å². The van der Waals surface area contributed by atoms with E-state index in [-0.39, 0.29) is 5.54 Å². The van der Waals surface area contributed by atoms with Crippen molar-refractivity contribution < 1.29 is 4.74 Å². The van der Waals surface area contributed by atoms with Crippen molar-refractivity contribution in [3.8, 4) is 5.75 Å². The fourth-order valence-corrected chi connectivity index (χ4v) is 2.95. The molecule has 0 fully saturated rings. The predicted molar refractivity (Wildman–Crippen MR) is 92.0 cm³/mol. The molecule has 0 aromatic heterocycles. The van der Waals surface area contributed by atoms with Gasteiger partial charge in [0.15, 0.2) is 0 Å². The van der Waals surface area contributed by atoms with Gasteiger partial charge in [-0.15, -0.1) is 0 Å². The Morgan fingerprint density at radius 2 is 1.67 bits per heavy atom. The van der Waals surface area contributed by atoms with Crippen molar-refractivity contribution in [2.75, 3.05) is 13.7 Å². The lowest BCUT2D eigenvalue weighted by Crippen LogP contribution is -2.41. The van der Waals surface area contributed by atoms with E-state index < -0.39 is 0 Å². The molecule has 21 heavy (non-hydrogen) atoms. The van der Waals surface area contributed by atoms with Crippen LogP contribution in [-0.4, -0.2) is 19.2 Å². The van der Waals surface area contributed by atoms with Gasteiger partial charge in [-0.1, -0.05) is 44.9 Å². The predicted octanol–water partition coefficient (Wildman–Crippen LogP) is 4.68. The summed E-state index contributed by atoms with van der Waals surface area (Å²) >= 11 is 0. The summed E-state index contributed by atoms with van der Waals surface area (Å²) in [6.45, 7) is 12.4. The van der Waals surface area contributed by atoms with Gasteiger partial charge in [-0.3, -0.25) is 0 Å². The third-order valence-corrected chi connectivity index (χ3v) is 4.28. The van der Waals surface area contributed by atoms with Crippen molar-refractivity contribution in [2.45, 2.75) is 59.4 Å². The number of hydrogen-bond acceptors (Lipinski definition) is 2. The Hall–Kier alpha value is -1.02. The largest absolute Gasteiger partial charge is 0.496 e. The molecule has 1 rings (SSSR count). The molecule has 1 N–H and O–H groups in total. The first-order chi connectivity index (χ1) is 9.91. The van der Waals surface area contributed by atoms with E-state index in [2.05, 4.69) is 58.1 Å². The van der Waals surface area contributed by atoms with Crippen molar-refractivity contribution in [3.05, 3.63) is 29.8 Å². The van der Waals surface area contributed by atoms with E-state index in [1.54, 1.807) is 7.11 Å². The highest BCUT2D eigenvalue weighted by Gasteiger charge is 2.22. The highest BCUT2D eigenvalue weighted by Crippen LogP contribution is 2.28. The molecule has 0 aliphatic carbocycles. The zero-order valence-corrected chi connectivity index (χ0v) is 14.7. The van der Waals surface area contributed by atoms with Gasteiger partial charge in [-0.05, 0) is 57.2 Å². The smallest absolute Gasteiger partial charge is 0.122 e. The molecule has 0 aliphatic rings. The third-order valence-electron chi connectivity index (χ3n) is 4.28. The standard InChI is InChI=1S/C19H33NO/c1-7-15(8-2)17(14-20-19(3,4)5)13-16-11-9-10-12-18(16)21-6/h9-12,15,17,20H,7-8,13-14H2,1-6H3. The second-order valence-electron chi connectivity index (χ2n) is 6.98. The van der Waals surface area contributed by atoms with Crippen LogP contribution in [0.5, 0.6) is 5.75 Å². The van der Waals surface area contributed by atoms with Gasteiger partial charge >= 0.3 is 0 Å². The molecule has 2 nitrogen and oxygen atoms in total. The maximum atomic E-state index is 5.52. The molecule has 0 radical (unpaired) electrons. The van der Waals surface area contributed by atoms with E-state index >= 15 is 0 Å². The molecule has 0 heterocycles. The van der Waals surface area contributed by atoms with Crippen LogP contribution in [-0.2, 0) is 6.42 Å².